The molecule has 2 heteroatoms. The zero-order valence-electron chi connectivity index (χ0n) is 7.32. The van der Waals surface area contributed by atoms with Crippen LogP contribution in [0.3, 0.4) is 0 Å². The second-order valence-electron chi connectivity index (χ2n) is 4.06. The van der Waals surface area contributed by atoms with E-state index in [1.807, 2.05) is 0 Å². The van der Waals surface area contributed by atoms with Crippen LogP contribution in [0, 0.1) is 5.41 Å². The summed E-state index contributed by atoms with van der Waals surface area (Å²) in [6.07, 6.45) is 0. The fourth-order valence-electron chi connectivity index (χ4n) is 1.08. The van der Waals surface area contributed by atoms with E-state index in [4.69, 9.17) is 4.74 Å². The van der Waals surface area contributed by atoms with Gasteiger partial charge in [-0.25, -0.2) is 0 Å². The zero-order chi connectivity index (χ0) is 7.83. The van der Waals surface area contributed by atoms with E-state index < -0.39 is 0 Å². The van der Waals surface area contributed by atoms with Crippen molar-refractivity contribution in [2.75, 3.05) is 13.2 Å². The third-order valence-electron chi connectivity index (χ3n) is 2.39. The third-order valence-corrected chi connectivity index (χ3v) is 2.39. The Morgan fingerprint density at radius 1 is 1.40 bits per heavy atom. The average Bonchev–Trinajstić information content (AvgIpc) is 2.13. The summed E-state index contributed by atoms with van der Waals surface area (Å²) in [5.41, 5.74) is 0.0660. The van der Waals surface area contributed by atoms with Gasteiger partial charge in [-0.1, -0.05) is 20.8 Å². The van der Waals surface area contributed by atoms with Gasteiger partial charge in [-0.05, 0) is 6.92 Å². The Morgan fingerprint density at radius 2 is 2.00 bits per heavy atom. The first-order valence-electron chi connectivity index (χ1n) is 3.85. The second-order valence-corrected chi connectivity index (χ2v) is 4.06. The smallest absolute Gasteiger partial charge is 0.121 e. The van der Waals surface area contributed by atoms with Crippen LogP contribution in [-0.2, 0) is 4.74 Å². The average molecular weight is 143 g/mol. The summed E-state index contributed by atoms with van der Waals surface area (Å²) in [5, 5.41) is 3.35. The molecule has 1 saturated heterocycles. The van der Waals surface area contributed by atoms with Gasteiger partial charge in [0.1, 0.15) is 5.72 Å². The number of hydrogen-bond donors (Lipinski definition) is 1. The number of hydrogen-bond acceptors (Lipinski definition) is 2. The van der Waals surface area contributed by atoms with E-state index in [-0.39, 0.29) is 11.1 Å². The summed E-state index contributed by atoms with van der Waals surface area (Å²) in [6, 6.07) is 0. The van der Waals surface area contributed by atoms with Crippen LogP contribution in [-0.4, -0.2) is 18.9 Å². The first kappa shape index (κ1) is 8.02. The molecule has 1 rings (SSSR count). The highest BCUT2D eigenvalue weighted by molar-refractivity contribution is 4.88. The van der Waals surface area contributed by atoms with Crippen molar-refractivity contribution in [3.05, 3.63) is 0 Å². The van der Waals surface area contributed by atoms with Gasteiger partial charge >= 0.3 is 0 Å². The third kappa shape index (κ3) is 1.18. The molecule has 1 aliphatic heterocycles. The van der Waals surface area contributed by atoms with Gasteiger partial charge in [-0.3, -0.25) is 5.32 Å². The van der Waals surface area contributed by atoms with E-state index in [0.717, 1.165) is 13.2 Å². The lowest BCUT2D eigenvalue weighted by Gasteiger charge is -2.37. The quantitative estimate of drug-likeness (QED) is 0.553. The molecule has 0 aromatic carbocycles. The van der Waals surface area contributed by atoms with Crippen LogP contribution in [0.5, 0.6) is 0 Å². The van der Waals surface area contributed by atoms with Gasteiger partial charge in [-0.15, -0.1) is 0 Å². The predicted octanol–water partition coefficient (Wildman–Crippen LogP) is 1.37. The molecule has 1 unspecified atom stereocenters. The first-order chi connectivity index (χ1) is 4.46. The molecule has 10 heavy (non-hydrogen) atoms. The minimum atomic E-state index is -0.118. The Bertz CT molecular complexity index is 120. The van der Waals surface area contributed by atoms with E-state index >= 15 is 0 Å². The fourth-order valence-corrected chi connectivity index (χ4v) is 1.08. The highest BCUT2D eigenvalue weighted by Crippen LogP contribution is 2.32. The van der Waals surface area contributed by atoms with Crippen LogP contribution in [0.15, 0.2) is 0 Å². The summed E-state index contributed by atoms with van der Waals surface area (Å²) < 4.78 is 5.59. The van der Waals surface area contributed by atoms with Crippen molar-refractivity contribution in [2.45, 2.75) is 33.4 Å². The summed E-state index contributed by atoms with van der Waals surface area (Å²) in [4.78, 5) is 0. The topological polar surface area (TPSA) is 21.3 Å². The lowest BCUT2D eigenvalue weighted by Crippen LogP contribution is -2.49. The molecule has 0 aliphatic carbocycles. The van der Waals surface area contributed by atoms with Gasteiger partial charge in [0.05, 0.1) is 6.61 Å². The molecular weight excluding hydrogens is 126 g/mol. The maximum Gasteiger partial charge on any atom is 0.121 e. The van der Waals surface area contributed by atoms with E-state index in [1.54, 1.807) is 0 Å². The van der Waals surface area contributed by atoms with Crippen molar-refractivity contribution in [1.82, 2.24) is 5.32 Å². The molecule has 2 nitrogen and oxygen atoms in total. The molecule has 0 amide bonds. The number of nitrogens with one attached hydrogen (secondary N) is 1. The molecule has 0 bridgehead atoms. The molecule has 0 radical (unpaired) electrons. The van der Waals surface area contributed by atoms with Crippen molar-refractivity contribution in [1.29, 1.82) is 0 Å². The van der Waals surface area contributed by atoms with Crippen LogP contribution in [0.4, 0.5) is 0 Å². The minimum absolute atomic E-state index is 0.118. The van der Waals surface area contributed by atoms with Crippen LogP contribution >= 0.6 is 0 Å². The van der Waals surface area contributed by atoms with Crippen molar-refractivity contribution >= 4 is 0 Å². The molecule has 0 saturated carbocycles. The van der Waals surface area contributed by atoms with Crippen molar-refractivity contribution < 1.29 is 4.74 Å². The Hall–Kier alpha value is -0.0800. The lowest BCUT2D eigenvalue weighted by molar-refractivity contribution is -0.0766. The zero-order valence-corrected chi connectivity index (χ0v) is 7.32. The van der Waals surface area contributed by atoms with E-state index in [1.165, 1.54) is 0 Å². The molecule has 0 spiro atoms. The first-order valence-corrected chi connectivity index (χ1v) is 3.85. The maximum atomic E-state index is 5.59. The minimum Gasteiger partial charge on any atom is -0.359 e. The largest absolute Gasteiger partial charge is 0.359 e. The summed E-state index contributed by atoms with van der Waals surface area (Å²) >= 11 is 0. The number of rotatable bonds is 0. The summed E-state index contributed by atoms with van der Waals surface area (Å²) in [5.74, 6) is 0. The fraction of sp³-hybridized carbons (Fsp3) is 1.00. The highest BCUT2D eigenvalue weighted by atomic mass is 16.5. The van der Waals surface area contributed by atoms with Gasteiger partial charge < -0.3 is 4.74 Å². The lowest BCUT2D eigenvalue weighted by atomic mass is 9.84. The molecule has 1 atom stereocenters. The van der Waals surface area contributed by atoms with Gasteiger partial charge in [-0.2, -0.15) is 0 Å². The Labute approximate surface area is 63.0 Å². The SMILES string of the molecule is CC(C)(C)C1(C)NCCO1. The van der Waals surface area contributed by atoms with Crippen molar-refractivity contribution in [2.24, 2.45) is 5.41 Å². The second kappa shape index (κ2) is 2.21. The monoisotopic (exact) mass is 143 g/mol. The molecular formula is C8H17NO. The van der Waals surface area contributed by atoms with Crippen LogP contribution in [0.2, 0.25) is 0 Å². The standard InChI is InChI=1S/C8H17NO/c1-7(2,3)8(4)9-5-6-10-8/h9H,5-6H2,1-4H3. The molecule has 1 aliphatic rings. The van der Waals surface area contributed by atoms with Crippen LogP contribution < -0.4 is 5.32 Å². The van der Waals surface area contributed by atoms with Crippen LogP contribution in [0.1, 0.15) is 27.7 Å². The predicted molar refractivity (Wildman–Crippen MR) is 41.8 cm³/mol. The molecule has 0 aromatic rings. The molecule has 0 aromatic heterocycles. The molecule has 1 N–H and O–H groups in total. The van der Waals surface area contributed by atoms with Gasteiger partial charge in [0.15, 0.2) is 0 Å². The number of ether oxygens (including phenoxy) is 1. The Morgan fingerprint density at radius 3 is 2.20 bits per heavy atom. The molecule has 60 valence electrons. The Balaban J connectivity index is 2.67. The van der Waals surface area contributed by atoms with Gasteiger partial charge in [0.2, 0.25) is 0 Å². The van der Waals surface area contributed by atoms with Crippen LogP contribution in [0.25, 0.3) is 0 Å². The normalized spacial score (nSPS) is 34.8. The Kier molecular flexibility index (Phi) is 1.77. The highest BCUT2D eigenvalue weighted by Gasteiger charge is 2.40. The summed E-state index contributed by atoms with van der Waals surface area (Å²) in [7, 11) is 0. The van der Waals surface area contributed by atoms with E-state index in [2.05, 4.69) is 33.0 Å². The van der Waals surface area contributed by atoms with Crippen molar-refractivity contribution in [3.8, 4) is 0 Å². The molecule has 1 heterocycles. The van der Waals surface area contributed by atoms with Gasteiger partial charge in [0, 0.05) is 12.0 Å². The van der Waals surface area contributed by atoms with Gasteiger partial charge in [0.25, 0.3) is 0 Å². The maximum absolute atomic E-state index is 5.59. The van der Waals surface area contributed by atoms with E-state index in [9.17, 15) is 0 Å². The molecule has 1 fully saturated rings. The summed E-state index contributed by atoms with van der Waals surface area (Å²) in [6.45, 7) is 10.5. The van der Waals surface area contributed by atoms with E-state index in [0.29, 0.717) is 0 Å². The van der Waals surface area contributed by atoms with Crippen molar-refractivity contribution in [3.63, 3.8) is 0 Å².